The Morgan fingerprint density at radius 1 is 1.25 bits per heavy atom. The van der Waals surface area contributed by atoms with Gasteiger partial charge < -0.3 is 10.1 Å². The van der Waals surface area contributed by atoms with Gasteiger partial charge in [-0.15, -0.1) is 0 Å². The maximum Gasteiger partial charge on any atom is 0.408 e. The summed E-state index contributed by atoms with van der Waals surface area (Å²) in [7, 11) is 0. The SMILES string of the molecule is CC(C)(C)OC(=O)NC(C(=O)NO)c1ccc(F)cc1. The van der Waals surface area contributed by atoms with E-state index in [0.29, 0.717) is 5.56 Å². The Bertz CT molecular complexity index is 482. The number of amides is 2. The first-order valence-corrected chi connectivity index (χ1v) is 5.92. The predicted molar refractivity (Wildman–Crippen MR) is 68.4 cm³/mol. The molecule has 0 aromatic heterocycles. The fourth-order valence-electron chi connectivity index (χ4n) is 1.45. The lowest BCUT2D eigenvalue weighted by Gasteiger charge is -2.22. The zero-order chi connectivity index (χ0) is 15.3. The van der Waals surface area contributed by atoms with Crippen molar-refractivity contribution >= 4 is 12.0 Å². The summed E-state index contributed by atoms with van der Waals surface area (Å²) < 4.78 is 17.9. The van der Waals surface area contributed by atoms with Gasteiger partial charge in [-0.3, -0.25) is 10.0 Å². The molecule has 3 N–H and O–H groups in total. The summed E-state index contributed by atoms with van der Waals surface area (Å²) in [5.74, 6) is -1.34. The third-order valence-corrected chi connectivity index (χ3v) is 2.24. The number of ether oxygens (including phenoxy) is 1. The zero-order valence-electron chi connectivity index (χ0n) is 11.4. The van der Waals surface area contributed by atoms with E-state index in [0.717, 1.165) is 12.1 Å². The second kappa shape index (κ2) is 6.33. The number of hydroxylamine groups is 1. The summed E-state index contributed by atoms with van der Waals surface area (Å²) in [6.45, 7) is 5.02. The first-order valence-electron chi connectivity index (χ1n) is 5.92. The lowest BCUT2D eigenvalue weighted by molar-refractivity contribution is -0.131. The van der Waals surface area contributed by atoms with Gasteiger partial charge in [0, 0.05) is 0 Å². The molecule has 0 spiro atoms. The van der Waals surface area contributed by atoms with Crippen LogP contribution >= 0.6 is 0 Å². The van der Waals surface area contributed by atoms with Crippen molar-refractivity contribution in [3.05, 3.63) is 35.6 Å². The number of hydrogen-bond acceptors (Lipinski definition) is 4. The summed E-state index contributed by atoms with van der Waals surface area (Å²) in [6.07, 6.45) is -0.824. The van der Waals surface area contributed by atoms with Crippen LogP contribution in [-0.4, -0.2) is 22.8 Å². The molecule has 0 saturated heterocycles. The fourth-order valence-corrected chi connectivity index (χ4v) is 1.45. The standard InChI is InChI=1S/C13H17FN2O4/c1-13(2,3)20-12(18)15-10(11(17)16-19)8-4-6-9(14)7-5-8/h4-7,10,19H,1-3H3,(H,15,18)(H,16,17). The number of halogens is 1. The van der Waals surface area contributed by atoms with Crippen molar-refractivity contribution in [1.29, 1.82) is 0 Å². The molecule has 0 radical (unpaired) electrons. The molecule has 0 aliphatic carbocycles. The van der Waals surface area contributed by atoms with Crippen molar-refractivity contribution in [2.45, 2.75) is 32.4 Å². The maximum absolute atomic E-state index is 12.9. The molecule has 1 rings (SSSR count). The van der Waals surface area contributed by atoms with Crippen molar-refractivity contribution in [2.75, 3.05) is 0 Å². The quantitative estimate of drug-likeness (QED) is 0.584. The number of carbonyl (C=O) groups excluding carboxylic acids is 2. The maximum atomic E-state index is 12.9. The molecule has 0 heterocycles. The fraction of sp³-hybridized carbons (Fsp3) is 0.385. The Hall–Kier alpha value is -2.15. The van der Waals surface area contributed by atoms with E-state index in [1.54, 1.807) is 20.8 Å². The molecular formula is C13H17FN2O4. The summed E-state index contributed by atoms with van der Waals surface area (Å²) in [4.78, 5) is 23.2. The number of hydrogen-bond donors (Lipinski definition) is 3. The summed E-state index contributed by atoms with van der Waals surface area (Å²) in [5, 5.41) is 11.0. The minimum Gasteiger partial charge on any atom is -0.444 e. The van der Waals surface area contributed by atoms with Crippen LogP contribution in [0.3, 0.4) is 0 Å². The number of rotatable bonds is 3. The predicted octanol–water partition coefficient (Wildman–Crippen LogP) is 1.90. The molecule has 110 valence electrons. The molecule has 2 amide bonds. The number of benzene rings is 1. The zero-order valence-corrected chi connectivity index (χ0v) is 11.4. The largest absolute Gasteiger partial charge is 0.444 e. The van der Waals surface area contributed by atoms with E-state index in [2.05, 4.69) is 5.32 Å². The average Bonchev–Trinajstić information content (AvgIpc) is 2.34. The molecular weight excluding hydrogens is 267 g/mol. The number of nitrogens with one attached hydrogen (secondary N) is 2. The van der Waals surface area contributed by atoms with E-state index in [1.807, 2.05) is 0 Å². The van der Waals surface area contributed by atoms with E-state index >= 15 is 0 Å². The molecule has 0 aliphatic heterocycles. The van der Waals surface area contributed by atoms with Crippen LogP contribution in [0, 0.1) is 5.82 Å². The van der Waals surface area contributed by atoms with E-state index < -0.39 is 29.5 Å². The smallest absolute Gasteiger partial charge is 0.408 e. The van der Waals surface area contributed by atoms with E-state index in [9.17, 15) is 14.0 Å². The van der Waals surface area contributed by atoms with Crippen molar-refractivity contribution in [1.82, 2.24) is 10.8 Å². The third kappa shape index (κ3) is 4.85. The van der Waals surface area contributed by atoms with Crippen LogP contribution in [0.15, 0.2) is 24.3 Å². The highest BCUT2D eigenvalue weighted by Gasteiger charge is 2.25. The molecule has 1 aromatic rings. The van der Waals surface area contributed by atoms with Gasteiger partial charge in [0.05, 0.1) is 0 Å². The van der Waals surface area contributed by atoms with E-state index in [1.165, 1.54) is 17.6 Å². The van der Waals surface area contributed by atoms with Crippen LogP contribution in [0.5, 0.6) is 0 Å². The molecule has 1 aromatic carbocycles. The third-order valence-electron chi connectivity index (χ3n) is 2.24. The lowest BCUT2D eigenvalue weighted by atomic mass is 10.1. The first-order chi connectivity index (χ1) is 9.23. The summed E-state index contributed by atoms with van der Waals surface area (Å²) in [6, 6.07) is 3.75. The second-order valence-electron chi connectivity index (χ2n) is 5.11. The van der Waals surface area contributed by atoms with Gasteiger partial charge in [-0.1, -0.05) is 12.1 Å². The van der Waals surface area contributed by atoms with Crippen LogP contribution < -0.4 is 10.8 Å². The molecule has 0 bridgehead atoms. The van der Waals surface area contributed by atoms with Crippen LogP contribution in [-0.2, 0) is 9.53 Å². The molecule has 1 atom stereocenters. The van der Waals surface area contributed by atoms with Crippen molar-refractivity contribution in [3.63, 3.8) is 0 Å². The molecule has 1 unspecified atom stereocenters. The highest BCUT2D eigenvalue weighted by Crippen LogP contribution is 2.15. The Kier molecular flexibility index (Phi) is 5.04. The Morgan fingerprint density at radius 2 is 1.80 bits per heavy atom. The van der Waals surface area contributed by atoms with Crippen LogP contribution in [0.1, 0.15) is 32.4 Å². The average molecular weight is 284 g/mol. The van der Waals surface area contributed by atoms with Gasteiger partial charge >= 0.3 is 6.09 Å². The lowest BCUT2D eigenvalue weighted by Crippen LogP contribution is -2.41. The van der Waals surface area contributed by atoms with Gasteiger partial charge in [-0.05, 0) is 38.5 Å². The molecule has 0 fully saturated rings. The van der Waals surface area contributed by atoms with Crippen molar-refractivity contribution in [2.24, 2.45) is 0 Å². The normalized spacial score (nSPS) is 12.4. The first kappa shape index (κ1) is 15.9. The van der Waals surface area contributed by atoms with Crippen LogP contribution in [0.4, 0.5) is 9.18 Å². The van der Waals surface area contributed by atoms with Gasteiger partial charge in [0.1, 0.15) is 17.5 Å². The summed E-state index contributed by atoms with van der Waals surface area (Å²) in [5.41, 5.74) is 1.02. The van der Waals surface area contributed by atoms with Crippen molar-refractivity contribution in [3.8, 4) is 0 Å². The van der Waals surface area contributed by atoms with Crippen molar-refractivity contribution < 1.29 is 23.9 Å². The van der Waals surface area contributed by atoms with Gasteiger partial charge in [-0.25, -0.2) is 14.7 Å². The highest BCUT2D eigenvalue weighted by atomic mass is 19.1. The second-order valence-corrected chi connectivity index (χ2v) is 5.11. The monoisotopic (exact) mass is 284 g/mol. The van der Waals surface area contributed by atoms with E-state index in [4.69, 9.17) is 9.94 Å². The summed E-state index contributed by atoms with van der Waals surface area (Å²) >= 11 is 0. The van der Waals surface area contributed by atoms with Gasteiger partial charge in [0.15, 0.2) is 0 Å². The topological polar surface area (TPSA) is 87.7 Å². The molecule has 20 heavy (non-hydrogen) atoms. The van der Waals surface area contributed by atoms with Gasteiger partial charge in [-0.2, -0.15) is 0 Å². The Balaban J connectivity index is 2.88. The molecule has 0 saturated carbocycles. The van der Waals surface area contributed by atoms with Gasteiger partial charge in [0.25, 0.3) is 5.91 Å². The van der Waals surface area contributed by atoms with Gasteiger partial charge in [0.2, 0.25) is 0 Å². The minimum absolute atomic E-state index is 0.309. The molecule has 6 nitrogen and oxygen atoms in total. The minimum atomic E-state index is -1.18. The number of alkyl carbamates (subject to hydrolysis) is 1. The molecule has 0 aliphatic rings. The number of carbonyl (C=O) groups is 2. The molecule has 7 heteroatoms. The Morgan fingerprint density at radius 3 is 2.25 bits per heavy atom. The highest BCUT2D eigenvalue weighted by molar-refractivity contribution is 5.86. The van der Waals surface area contributed by atoms with E-state index in [-0.39, 0.29) is 0 Å². The van der Waals surface area contributed by atoms with Crippen LogP contribution in [0.2, 0.25) is 0 Å². The van der Waals surface area contributed by atoms with Crippen LogP contribution in [0.25, 0.3) is 0 Å². The Labute approximate surface area is 115 Å².